The minimum absolute atomic E-state index is 0.407. The average molecular weight is 374 g/mol. The summed E-state index contributed by atoms with van der Waals surface area (Å²) in [7, 11) is 0. The van der Waals surface area contributed by atoms with Crippen molar-refractivity contribution >= 4 is 23.9 Å². The number of hydrogen-bond acceptors (Lipinski definition) is 4. The molecule has 27 heavy (non-hydrogen) atoms. The number of nitrogens with zero attached hydrogens (tertiary/aromatic N) is 1. The van der Waals surface area contributed by atoms with E-state index in [1.54, 1.807) is 27.7 Å². The molecule has 0 radical (unpaired) electrons. The predicted molar refractivity (Wildman–Crippen MR) is 99.8 cm³/mol. The normalized spacial score (nSPS) is 19.6. The van der Waals surface area contributed by atoms with E-state index >= 15 is 0 Å². The number of imide groups is 2. The SMILES string of the molecule is CC(C)(C)NC(=O)NC(=O)CN1C(=O)N[C@](C)(CCc2ccccc2)C1=O. The molecule has 0 bridgehead atoms. The van der Waals surface area contributed by atoms with Crippen LogP contribution < -0.4 is 16.0 Å². The van der Waals surface area contributed by atoms with Crippen molar-refractivity contribution < 1.29 is 19.2 Å². The van der Waals surface area contributed by atoms with Crippen LogP contribution in [0, 0.1) is 0 Å². The lowest BCUT2D eigenvalue weighted by Gasteiger charge is -2.22. The summed E-state index contributed by atoms with van der Waals surface area (Å²) >= 11 is 0. The lowest BCUT2D eigenvalue weighted by molar-refractivity contribution is -0.134. The third-order valence-corrected chi connectivity index (χ3v) is 4.14. The molecule has 0 aromatic heterocycles. The highest BCUT2D eigenvalue weighted by Crippen LogP contribution is 2.23. The zero-order valence-corrected chi connectivity index (χ0v) is 16.1. The molecule has 1 aromatic rings. The zero-order chi connectivity index (χ0) is 20.2. The van der Waals surface area contributed by atoms with Crippen LogP contribution >= 0.6 is 0 Å². The highest BCUT2D eigenvalue weighted by atomic mass is 16.2. The van der Waals surface area contributed by atoms with Crippen molar-refractivity contribution in [2.45, 2.75) is 51.6 Å². The number of aryl methyl sites for hydroxylation is 1. The van der Waals surface area contributed by atoms with Gasteiger partial charge < -0.3 is 10.6 Å². The number of carbonyl (C=O) groups excluding carboxylic acids is 4. The van der Waals surface area contributed by atoms with Crippen molar-refractivity contribution in [2.24, 2.45) is 0 Å². The van der Waals surface area contributed by atoms with Crippen LogP contribution in [0.25, 0.3) is 0 Å². The molecule has 0 saturated carbocycles. The van der Waals surface area contributed by atoms with E-state index in [4.69, 9.17) is 0 Å². The van der Waals surface area contributed by atoms with Gasteiger partial charge in [-0.2, -0.15) is 0 Å². The van der Waals surface area contributed by atoms with Gasteiger partial charge in [-0.3, -0.25) is 19.8 Å². The molecule has 1 aromatic carbocycles. The molecule has 0 spiro atoms. The fourth-order valence-electron chi connectivity index (χ4n) is 2.78. The predicted octanol–water partition coefficient (Wildman–Crippen LogP) is 1.55. The molecule has 8 nitrogen and oxygen atoms in total. The van der Waals surface area contributed by atoms with Gasteiger partial charge in [0.2, 0.25) is 5.91 Å². The molecule has 8 heteroatoms. The average Bonchev–Trinajstić information content (AvgIpc) is 2.76. The maximum atomic E-state index is 12.7. The molecule has 6 amide bonds. The summed E-state index contributed by atoms with van der Waals surface area (Å²) in [5.74, 6) is -1.21. The maximum absolute atomic E-state index is 12.7. The van der Waals surface area contributed by atoms with Gasteiger partial charge >= 0.3 is 12.1 Å². The number of benzene rings is 1. The van der Waals surface area contributed by atoms with Crippen molar-refractivity contribution in [3.05, 3.63) is 35.9 Å². The molecule has 1 saturated heterocycles. The number of carbonyl (C=O) groups is 4. The van der Waals surface area contributed by atoms with Gasteiger partial charge in [-0.25, -0.2) is 9.59 Å². The molecule has 1 atom stereocenters. The Morgan fingerprint density at radius 3 is 2.37 bits per heavy atom. The van der Waals surface area contributed by atoms with Crippen LogP contribution in [0.1, 0.15) is 39.7 Å². The van der Waals surface area contributed by atoms with Crippen LogP contribution in [-0.2, 0) is 16.0 Å². The van der Waals surface area contributed by atoms with Gasteiger partial charge in [0.1, 0.15) is 12.1 Å². The molecule has 2 rings (SSSR count). The smallest absolute Gasteiger partial charge is 0.325 e. The van der Waals surface area contributed by atoms with Crippen LogP contribution in [0.3, 0.4) is 0 Å². The highest BCUT2D eigenvalue weighted by molar-refractivity contribution is 6.09. The minimum atomic E-state index is -1.08. The van der Waals surface area contributed by atoms with Crippen molar-refractivity contribution in [2.75, 3.05) is 6.54 Å². The first-order valence-electron chi connectivity index (χ1n) is 8.80. The van der Waals surface area contributed by atoms with Gasteiger partial charge in [-0.1, -0.05) is 30.3 Å². The highest BCUT2D eigenvalue weighted by Gasteiger charge is 2.47. The van der Waals surface area contributed by atoms with Gasteiger partial charge in [-0.05, 0) is 46.1 Å². The Morgan fingerprint density at radius 2 is 1.78 bits per heavy atom. The van der Waals surface area contributed by atoms with E-state index in [9.17, 15) is 19.2 Å². The zero-order valence-electron chi connectivity index (χ0n) is 16.1. The molecule has 3 N–H and O–H groups in total. The second kappa shape index (κ2) is 7.77. The summed E-state index contributed by atoms with van der Waals surface area (Å²) in [6.45, 7) is 6.44. The van der Waals surface area contributed by atoms with Crippen molar-refractivity contribution in [1.29, 1.82) is 0 Å². The first kappa shape index (κ1) is 20.4. The number of hydrogen-bond donors (Lipinski definition) is 3. The molecule has 0 unspecified atom stereocenters. The molecular weight excluding hydrogens is 348 g/mol. The Kier molecular flexibility index (Phi) is 5.88. The standard InChI is InChI=1S/C19H26N4O4/c1-18(2,3)21-16(26)20-14(24)12-23-15(25)19(4,22-17(23)27)11-10-13-8-6-5-7-9-13/h5-9H,10-12H2,1-4H3,(H,22,27)(H2,20,21,24,26)/t19-/m1/s1. The molecule has 1 fully saturated rings. The molecule has 1 aliphatic rings. The second-order valence-corrected chi connectivity index (χ2v) is 7.89. The Morgan fingerprint density at radius 1 is 1.15 bits per heavy atom. The lowest BCUT2D eigenvalue weighted by Crippen LogP contribution is -2.51. The topological polar surface area (TPSA) is 108 Å². The molecule has 1 heterocycles. The van der Waals surface area contributed by atoms with E-state index in [1.807, 2.05) is 30.3 Å². The Balaban J connectivity index is 1.94. The molecular formula is C19H26N4O4. The molecule has 0 aliphatic carbocycles. The monoisotopic (exact) mass is 374 g/mol. The second-order valence-electron chi connectivity index (χ2n) is 7.89. The summed E-state index contributed by atoms with van der Waals surface area (Å²) in [4.78, 5) is 49.5. The van der Waals surface area contributed by atoms with Gasteiger partial charge in [0.05, 0.1) is 0 Å². The van der Waals surface area contributed by atoms with E-state index < -0.39 is 41.5 Å². The van der Waals surface area contributed by atoms with Crippen molar-refractivity contribution in [3.8, 4) is 0 Å². The number of amides is 6. The van der Waals surface area contributed by atoms with E-state index in [0.717, 1.165) is 10.5 Å². The quantitative estimate of drug-likeness (QED) is 0.680. The fourth-order valence-corrected chi connectivity index (χ4v) is 2.78. The molecule has 1 aliphatic heterocycles. The van der Waals surface area contributed by atoms with Crippen molar-refractivity contribution in [3.63, 3.8) is 0 Å². The van der Waals surface area contributed by atoms with Crippen LogP contribution in [0.15, 0.2) is 30.3 Å². The van der Waals surface area contributed by atoms with Gasteiger partial charge in [0.15, 0.2) is 0 Å². The van der Waals surface area contributed by atoms with Crippen molar-refractivity contribution in [1.82, 2.24) is 20.9 Å². The summed E-state index contributed by atoms with van der Waals surface area (Å²) in [5.41, 5.74) is -0.543. The third-order valence-electron chi connectivity index (χ3n) is 4.14. The fraction of sp³-hybridized carbons (Fsp3) is 0.474. The van der Waals surface area contributed by atoms with E-state index in [2.05, 4.69) is 16.0 Å². The Hall–Kier alpha value is -2.90. The maximum Gasteiger partial charge on any atom is 0.325 e. The Labute approximate surface area is 158 Å². The number of rotatable bonds is 5. The van der Waals surface area contributed by atoms with Gasteiger partial charge in [-0.15, -0.1) is 0 Å². The van der Waals surface area contributed by atoms with Crippen LogP contribution in [-0.4, -0.2) is 46.4 Å². The number of nitrogens with one attached hydrogen (secondary N) is 3. The van der Waals surface area contributed by atoms with Crippen LogP contribution in [0.4, 0.5) is 9.59 Å². The van der Waals surface area contributed by atoms with Crippen LogP contribution in [0.2, 0.25) is 0 Å². The molecule has 146 valence electrons. The first-order chi connectivity index (χ1) is 12.5. The van der Waals surface area contributed by atoms with Gasteiger partial charge in [0.25, 0.3) is 5.91 Å². The third kappa shape index (κ3) is 5.54. The minimum Gasteiger partial charge on any atom is -0.333 e. The van der Waals surface area contributed by atoms with E-state index in [-0.39, 0.29) is 0 Å². The van der Waals surface area contributed by atoms with Gasteiger partial charge in [0, 0.05) is 5.54 Å². The first-order valence-corrected chi connectivity index (χ1v) is 8.80. The number of urea groups is 2. The van der Waals surface area contributed by atoms with Crippen LogP contribution in [0.5, 0.6) is 0 Å². The van der Waals surface area contributed by atoms with E-state index in [0.29, 0.717) is 12.8 Å². The summed E-state index contributed by atoms with van der Waals surface area (Å²) in [6.07, 6.45) is 1.02. The summed E-state index contributed by atoms with van der Waals surface area (Å²) in [6, 6.07) is 8.31. The Bertz CT molecular complexity index is 742. The largest absolute Gasteiger partial charge is 0.333 e. The summed E-state index contributed by atoms with van der Waals surface area (Å²) < 4.78 is 0. The van der Waals surface area contributed by atoms with E-state index in [1.165, 1.54) is 0 Å². The summed E-state index contributed by atoms with van der Waals surface area (Å²) in [5, 5.41) is 7.36. The lowest BCUT2D eigenvalue weighted by atomic mass is 9.93.